The molecule has 0 saturated heterocycles. The first-order valence-electron chi connectivity index (χ1n) is 8.22. The first-order chi connectivity index (χ1) is 11.2. The molecule has 2 aromatic rings. The van der Waals surface area contributed by atoms with Gasteiger partial charge < -0.3 is 10.1 Å². The van der Waals surface area contributed by atoms with Crippen LogP contribution in [0.15, 0.2) is 54.6 Å². The van der Waals surface area contributed by atoms with Gasteiger partial charge in [0.2, 0.25) is 0 Å². The highest BCUT2D eigenvalue weighted by Gasteiger charge is 2.04. The minimum absolute atomic E-state index is 0.160. The first kappa shape index (κ1) is 17.2. The van der Waals surface area contributed by atoms with Gasteiger partial charge in [0.05, 0.1) is 0 Å². The molecule has 0 aliphatic heterocycles. The maximum absolute atomic E-state index is 11.6. The Morgan fingerprint density at radius 3 is 2.43 bits per heavy atom. The lowest BCUT2D eigenvalue weighted by Crippen LogP contribution is -2.25. The summed E-state index contributed by atoms with van der Waals surface area (Å²) in [5.41, 5.74) is 2.09. The van der Waals surface area contributed by atoms with E-state index in [9.17, 15) is 4.79 Å². The Morgan fingerprint density at radius 1 is 1.09 bits per heavy atom. The van der Waals surface area contributed by atoms with E-state index >= 15 is 0 Å². The summed E-state index contributed by atoms with van der Waals surface area (Å²) < 4.78 is 5.69. The van der Waals surface area contributed by atoms with Crippen LogP contribution in [0.3, 0.4) is 0 Å². The van der Waals surface area contributed by atoms with Gasteiger partial charge in [-0.25, -0.2) is 0 Å². The average Bonchev–Trinajstić information content (AvgIpc) is 2.62. The topological polar surface area (TPSA) is 38.3 Å². The van der Waals surface area contributed by atoms with Gasteiger partial charge >= 0.3 is 0 Å². The van der Waals surface area contributed by atoms with E-state index in [1.807, 2.05) is 37.3 Å². The summed E-state index contributed by atoms with van der Waals surface area (Å²) >= 11 is 0. The summed E-state index contributed by atoms with van der Waals surface area (Å²) in [7, 11) is 0. The van der Waals surface area contributed by atoms with Crippen molar-refractivity contribution in [3.8, 4) is 5.75 Å². The molecule has 3 nitrogen and oxygen atoms in total. The molecule has 1 unspecified atom stereocenters. The fraction of sp³-hybridized carbons (Fsp3) is 0.350. The van der Waals surface area contributed by atoms with Gasteiger partial charge in [-0.15, -0.1) is 0 Å². The SMILES string of the molecule is CCC(=O)c1ccc(OCCNCC(C)c2ccccc2)cc1. The van der Waals surface area contributed by atoms with Crippen molar-refractivity contribution in [1.82, 2.24) is 5.32 Å². The molecule has 0 amide bonds. The molecule has 1 atom stereocenters. The monoisotopic (exact) mass is 311 g/mol. The minimum atomic E-state index is 0.160. The molecule has 23 heavy (non-hydrogen) atoms. The molecule has 122 valence electrons. The molecule has 0 aliphatic carbocycles. The fourth-order valence-electron chi connectivity index (χ4n) is 2.40. The van der Waals surface area contributed by atoms with Crippen LogP contribution in [0.4, 0.5) is 0 Å². The maximum atomic E-state index is 11.6. The van der Waals surface area contributed by atoms with Crippen molar-refractivity contribution in [2.75, 3.05) is 19.7 Å². The van der Waals surface area contributed by atoms with Crippen molar-refractivity contribution < 1.29 is 9.53 Å². The molecule has 0 radical (unpaired) electrons. The molecule has 0 heterocycles. The molecule has 0 spiro atoms. The summed E-state index contributed by atoms with van der Waals surface area (Å²) in [6.07, 6.45) is 0.531. The minimum Gasteiger partial charge on any atom is -0.492 e. The van der Waals surface area contributed by atoms with Gasteiger partial charge in [0.25, 0.3) is 0 Å². The van der Waals surface area contributed by atoms with Crippen LogP contribution in [0.5, 0.6) is 5.75 Å². The molecule has 0 fully saturated rings. The van der Waals surface area contributed by atoms with Gasteiger partial charge in [-0.05, 0) is 35.7 Å². The molecule has 1 N–H and O–H groups in total. The second-order valence-corrected chi connectivity index (χ2v) is 5.67. The van der Waals surface area contributed by atoms with Crippen molar-refractivity contribution >= 4 is 5.78 Å². The Hall–Kier alpha value is -2.13. The van der Waals surface area contributed by atoms with Crippen LogP contribution < -0.4 is 10.1 Å². The first-order valence-corrected chi connectivity index (χ1v) is 8.22. The number of hydrogen-bond acceptors (Lipinski definition) is 3. The third-order valence-electron chi connectivity index (χ3n) is 3.86. The molecular formula is C20H25NO2. The van der Waals surface area contributed by atoms with E-state index in [0.29, 0.717) is 18.9 Å². The third-order valence-corrected chi connectivity index (χ3v) is 3.86. The van der Waals surface area contributed by atoms with Crippen molar-refractivity contribution in [2.24, 2.45) is 0 Å². The lowest BCUT2D eigenvalue weighted by molar-refractivity contribution is 0.0988. The Labute approximate surface area is 138 Å². The Balaban J connectivity index is 1.66. The molecule has 0 aliphatic rings. The Kier molecular flexibility index (Phi) is 6.82. The van der Waals surface area contributed by atoms with Crippen LogP contribution in [-0.2, 0) is 0 Å². The number of ketones is 1. The molecule has 0 aromatic heterocycles. The Morgan fingerprint density at radius 2 is 1.78 bits per heavy atom. The van der Waals surface area contributed by atoms with Crippen LogP contribution >= 0.6 is 0 Å². The molecular weight excluding hydrogens is 286 g/mol. The van der Waals surface area contributed by atoms with Crippen LogP contribution in [-0.4, -0.2) is 25.5 Å². The van der Waals surface area contributed by atoms with Gasteiger partial charge in [-0.2, -0.15) is 0 Å². The summed E-state index contributed by atoms with van der Waals surface area (Å²) in [6, 6.07) is 17.9. The van der Waals surface area contributed by atoms with Gasteiger partial charge in [-0.3, -0.25) is 4.79 Å². The van der Waals surface area contributed by atoms with E-state index in [-0.39, 0.29) is 5.78 Å². The molecule has 0 bridgehead atoms. The number of Topliss-reactive ketones (excluding diaryl/α,β-unsaturated/α-hetero) is 1. The quantitative estimate of drug-likeness (QED) is 0.561. The van der Waals surface area contributed by atoms with Crippen molar-refractivity contribution in [3.05, 3.63) is 65.7 Å². The van der Waals surface area contributed by atoms with Crippen molar-refractivity contribution in [1.29, 1.82) is 0 Å². The molecule has 0 saturated carbocycles. The average molecular weight is 311 g/mol. The van der Waals surface area contributed by atoms with Crippen LogP contribution in [0.2, 0.25) is 0 Å². The van der Waals surface area contributed by atoms with E-state index in [4.69, 9.17) is 4.74 Å². The highest BCUT2D eigenvalue weighted by atomic mass is 16.5. The summed E-state index contributed by atoms with van der Waals surface area (Å²) in [4.78, 5) is 11.6. The third kappa shape index (κ3) is 5.53. The highest BCUT2D eigenvalue weighted by Crippen LogP contribution is 2.14. The number of carbonyl (C=O) groups excluding carboxylic acids is 1. The fourth-order valence-corrected chi connectivity index (χ4v) is 2.40. The zero-order chi connectivity index (χ0) is 16.5. The second kappa shape index (κ2) is 9.11. The largest absolute Gasteiger partial charge is 0.492 e. The number of carbonyl (C=O) groups is 1. The highest BCUT2D eigenvalue weighted by molar-refractivity contribution is 5.95. The lowest BCUT2D eigenvalue weighted by atomic mass is 10.0. The standard InChI is InChI=1S/C20H25NO2/c1-3-20(22)18-9-11-19(12-10-18)23-14-13-21-15-16(2)17-7-5-4-6-8-17/h4-12,16,21H,3,13-15H2,1-2H3. The zero-order valence-electron chi connectivity index (χ0n) is 13.9. The summed E-state index contributed by atoms with van der Waals surface area (Å²) in [6.45, 7) is 6.42. The maximum Gasteiger partial charge on any atom is 0.162 e. The van der Waals surface area contributed by atoms with Crippen molar-refractivity contribution in [3.63, 3.8) is 0 Å². The van der Waals surface area contributed by atoms with Crippen LogP contribution in [0.25, 0.3) is 0 Å². The predicted molar refractivity (Wildman–Crippen MR) is 94.3 cm³/mol. The Bertz CT molecular complexity index is 593. The number of hydrogen-bond donors (Lipinski definition) is 1. The van der Waals surface area contributed by atoms with E-state index < -0.39 is 0 Å². The zero-order valence-corrected chi connectivity index (χ0v) is 13.9. The van der Waals surface area contributed by atoms with Crippen LogP contribution in [0, 0.1) is 0 Å². The van der Waals surface area contributed by atoms with Crippen LogP contribution in [0.1, 0.15) is 42.1 Å². The van der Waals surface area contributed by atoms with Gasteiger partial charge in [0, 0.05) is 25.1 Å². The van der Waals surface area contributed by atoms with Gasteiger partial charge in [-0.1, -0.05) is 44.2 Å². The molecule has 2 rings (SSSR count). The number of ether oxygens (including phenoxy) is 1. The molecule has 2 aromatic carbocycles. The number of nitrogens with one attached hydrogen (secondary N) is 1. The van der Waals surface area contributed by atoms with Crippen molar-refractivity contribution in [2.45, 2.75) is 26.2 Å². The normalized spacial score (nSPS) is 11.9. The lowest BCUT2D eigenvalue weighted by Gasteiger charge is -2.13. The van der Waals surface area contributed by atoms with Gasteiger partial charge in [0.1, 0.15) is 12.4 Å². The number of rotatable bonds is 9. The van der Waals surface area contributed by atoms with E-state index in [2.05, 4.69) is 36.5 Å². The summed E-state index contributed by atoms with van der Waals surface area (Å²) in [5, 5.41) is 3.41. The smallest absolute Gasteiger partial charge is 0.162 e. The van der Waals surface area contributed by atoms with Gasteiger partial charge in [0.15, 0.2) is 5.78 Å². The molecule has 3 heteroatoms. The van der Waals surface area contributed by atoms with E-state index in [1.165, 1.54) is 5.56 Å². The number of benzene rings is 2. The predicted octanol–water partition coefficient (Wildman–Crippen LogP) is 4.05. The second-order valence-electron chi connectivity index (χ2n) is 5.67. The van der Waals surface area contributed by atoms with E-state index in [0.717, 1.165) is 24.4 Å². The summed E-state index contributed by atoms with van der Waals surface area (Å²) in [5.74, 6) is 1.44. The van der Waals surface area contributed by atoms with E-state index in [1.54, 1.807) is 0 Å².